The van der Waals surface area contributed by atoms with Crippen molar-refractivity contribution >= 4 is 0 Å². The van der Waals surface area contributed by atoms with Crippen molar-refractivity contribution in [1.82, 2.24) is 0 Å². The third-order valence-corrected chi connectivity index (χ3v) is 2.76. The van der Waals surface area contributed by atoms with E-state index in [2.05, 4.69) is 0 Å². The second-order valence-electron chi connectivity index (χ2n) is 4.02. The molecule has 0 bridgehead atoms. The lowest BCUT2D eigenvalue weighted by Crippen LogP contribution is -1.94. The van der Waals surface area contributed by atoms with Crippen LogP contribution in [0.3, 0.4) is 0 Å². The van der Waals surface area contributed by atoms with Crippen LogP contribution in [0.25, 0.3) is 11.1 Å². The number of halogens is 3. The minimum atomic E-state index is -0.937. The summed E-state index contributed by atoms with van der Waals surface area (Å²) in [6.07, 6.45) is 0. The molecule has 0 fully saturated rings. The molecule has 0 aliphatic heterocycles. The van der Waals surface area contributed by atoms with E-state index < -0.39 is 17.5 Å². The summed E-state index contributed by atoms with van der Waals surface area (Å²) in [4.78, 5) is 0. The maximum Gasteiger partial charge on any atom is 0.166 e. The van der Waals surface area contributed by atoms with E-state index in [4.69, 9.17) is 0 Å². The fraction of sp³-hybridized carbons (Fsp3) is 0.250. The largest absolute Gasteiger partial charge is 0.207 e. The molecule has 2 aromatic carbocycles. The molecule has 2 aromatic rings. The molecule has 2 rings (SSSR count). The van der Waals surface area contributed by atoms with Crippen molar-refractivity contribution in [3.63, 3.8) is 0 Å². The second kappa shape index (κ2) is 6.41. The Labute approximate surface area is 111 Å². The van der Waals surface area contributed by atoms with Gasteiger partial charge in [-0.15, -0.1) is 0 Å². The van der Waals surface area contributed by atoms with Gasteiger partial charge in [0.25, 0.3) is 0 Å². The molecular formula is C16H17F3. The normalized spacial score (nSPS) is 9.84. The van der Waals surface area contributed by atoms with Crippen LogP contribution in [-0.2, 0) is 0 Å². The first-order chi connectivity index (χ1) is 9.00. The third kappa shape index (κ3) is 3.16. The first kappa shape index (κ1) is 15.3. The summed E-state index contributed by atoms with van der Waals surface area (Å²) in [7, 11) is 0. The molecule has 0 aliphatic rings. The highest BCUT2D eigenvalue weighted by atomic mass is 19.2. The maximum atomic E-state index is 13.7. The lowest BCUT2D eigenvalue weighted by molar-refractivity contribution is 0.505. The van der Waals surface area contributed by atoms with Gasteiger partial charge in [-0.1, -0.05) is 38.1 Å². The number of rotatable bonds is 1. The Bertz CT molecular complexity index is 574. The highest BCUT2D eigenvalue weighted by Gasteiger charge is 2.13. The molecule has 0 N–H and O–H groups in total. The van der Waals surface area contributed by atoms with Crippen LogP contribution in [0.2, 0.25) is 0 Å². The van der Waals surface area contributed by atoms with E-state index in [9.17, 15) is 13.2 Å². The molecule has 19 heavy (non-hydrogen) atoms. The van der Waals surface area contributed by atoms with E-state index in [-0.39, 0.29) is 11.1 Å². The predicted octanol–water partition coefficient (Wildman–Crippen LogP) is 5.41. The van der Waals surface area contributed by atoms with Gasteiger partial charge in [0.1, 0.15) is 5.82 Å². The SMILES string of the molecule is CC.Cc1ccc(-c2ccc(C)c(F)c2F)cc1F. The van der Waals surface area contributed by atoms with Crippen LogP contribution in [0.4, 0.5) is 13.2 Å². The van der Waals surface area contributed by atoms with Crippen molar-refractivity contribution in [2.24, 2.45) is 0 Å². The average Bonchev–Trinajstić information content (AvgIpc) is 2.42. The molecule has 0 aliphatic carbocycles. The Morgan fingerprint density at radius 2 is 1.32 bits per heavy atom. The molecule has 0 aromatic heterocycles. The average molecular weight is 266 g/mol. The Kier molecular flexibility index (Phi) is 5.16. The molecule has 0 amide bonds. The summed E-state index contributed by atoms with van der Waals surface area (Å²) in [5.74, 6) is -2.25. The van der Waals surface area contributed by atoms with Gasteiger partial charge in [0.15, 0.2) is 11.6 Å². The molecule has 0 unspecified atom stereocenters. The Morgan fingerprint density at radius 3 is 1.89 bits per heavy atom. The molecule has 0 radical (unpaired) electrons. The molecule has 102 valence electrons. The van der Waals surface area contributed by atoms with Crippen LogP contribution in [-0.4, -0.2) is 0 Å². The van der Waals surface area contributed by atoms with Crippen LogP contribution >= 0.6 is 0 Å². The van der Waals surface area contributed by atoms with Crippen molar-refractivity contribution in [2.75, 3.05) is 0 Å². The summed E-state index contributed by atoms with van der Waals surface area (Å²) in [5, 5.41) is 0. The summed E-state index contributed by atoms with van der Waals surface area (Å²) in [6, 6.07) is 7.26. The molecule has 0 atom stereocenters. The highest BCUT2D eigenvalue weighted by molar-refractivity contribution is 5.65. The van der Waals surface area contributed by atoms with E-state index in [1.165, 1.54) is 25.1 Å². The van der Waals surface area contributed by atoms with Gasteiger partial charge in [0.05, 0.1) is 0 Å². The van der Waals surface area contributed by atoms with E-state index >= 15 is 0 Å². The molecule has 0 nitrogen and oxygen atoms in total. The zero-order valence-electron chi connectivity index (χ0n) is 11.5. The smallest absolute Gasteiger partial charge is 0.166 e. The van der Waals surface area contributed by atoms with Gasteiger partial charge in [-0.05, 0) is 36.6 Å². The standard InChI is InChI=1S/C14H11F3.C2H6/c1-8-3-5-10(7-12(8)15)11-6-4-9(2)13(16)14(11)17;1-2/h3-7H,1-2H3;1-2H3. The fourth-order valence-corrected chi connectivity index (χ4v) is 1.63. The van der Waals surface area contributed by atoms with Crippen molar-refractivity contribution in [3.05, 3.63) is 58.9 Å². The quantitative estimate of drug-likeness (QED) is 0.647. The molecule has 0 saturated carbocycles. The van der Waals surface area contributed by atoms with Crippen LogP contribution < -0.4 is 0 Å². The zero-order chi connectivity index (χ0) is 14.6. The first-order valence-electron chi connectivity index (χ1n) is 6.22. The summed E-state index contributed by atoms with van der Waals surface area (Å²) >= 11 is 0. The Hall–Kier alpha value is -1.77. The summed E-state index contributed by atoms with van der Waals surface area (Å²) < 4.78 is 40.4. The van der Waals surface area contributed by atoms with Gasteiger partial charge in [-0.2, -0.15) is 0 Å². The van der Waals surface area contributed by atoms with Crippen LogP contribution in [0.1, 0.15) is 25.0 Å². The Morgan fingerprint density at radius 1 is 0.737 bits per heavy atom. The zero-order valence-corrected chi connectivity index (χ0v) is 11.5. The van der Waals surface area contributed by atoms with Crippen molar-refractivity contribution in [3.8, 4) is 11.1 Å². The monoisotopic (exact) mass is 266 g/mol. The first-order valence-corrected chi connectivity index (χ1v) is 6.22. The van der Waals surface area contributed by atoms with E-state index in [1.54, 1.807) is 19.1 Å². The van der Waals surface area contributed by atoms with Gasteiger partial charge in [-0.25, -0.2) is 13.2 Å². The van der Waals surface area contributed by atoms with Crippen molar-refractivity contribution in [1.29, 1.82) is 0 Å². The van der Waals surface area contributed by atoms with Gasteiger partial charge in [-0.3, -0.25) is 0 Å². The van der Waals surface area contributed by atoms with Crippen molar-refractivity contribution < 1.29 is 13.2 Å². The van der Waals surface area contributed by atoms with Gasteiger partial charge < -0.3 is 0 Å². The molecule has 0 saturated heterocycles. The van der Waals surface area contributed by atoms with Gasteiger partial charge >= 0.3 is 0 Å². The number of aryl methyl sites for hydroxylation is 2. The van der Waals surface area contributed by atoms with E-state index in [0.29, 0.717) is 11.1 Å². The van der Waals surface area contributed by atoms with Crippen LogP contribution in [0.15, 0.2) is 30.3 Å². The Balaban J connectivity index is 0.000000861. The highest BCUT2D eigenvalue weighted by Crippen LogP contribution is 2.27. The second-order valence-corrected chi connectivity index (χ2v) is 4.02. The lowest BCUT2D eigenvalue weighted by Gasteiger charge is -2.07. The number of hydrogen-bond acceptors (Lipinski definition) is 0. The van der Waals surface area contributed by atoms with Crippen molar-refractivity contribution in [2.45, 2.75) is 27.7 Å². The summed E-state index contributed by atoms with van der Waals surface area (Å²) in [6.45, 7) is 7.10. The molecule has 3 heteroatoms. The summed E-state index contributed by atoms with van der Waals surface area (Å²) in [5.41, 5.74) is 1.12. The van der Waals surface area contributed by atoms with Crippen LogP contribution in [0, 0.1) is 31.3 Å². The lowest BCUT2D eigenvalue weighted by atomic mass is 10.0. The third-order valence-electron chi connectivity index (χ3n) is 2.76. The topological polar surface area (TPSA) is 0 Å². The predicted molar refractivity (Wildman–Crippen MR) is 72.6 cm³/mol. The van der Waals surface area contributed by atoms with Crippen LogP contribution in [0.5, 0.6) is 0 Å². The molecule has 0 heterocycles. The fourth-order valence-electron chi connectivity index (χ4n) is 1.63. The minimum Gasteiger partial charge on any atom is -0.207 e. The van der Waals surface area contributed by atoms with E-state index in [1.807, 2.05) is 13.8 Å². The number of hydrogen-bond donors (Lipinski definition) is 0. The van der Waals surface area contributed by atoms with Gasteiger partial charge in [0.2, 0.25) is 0 Å². The maximum absolute atomic E-state index is 13.7. The minimum absolute atomic E-state index is 0.0759. The van der Waals surface area contributed by atoms with Gasteiger partial charge in [0, 0.05) is 5.56 Å². The number of benzene rings is 2. The molecule has 0 spiro atoms. The van der Waals surface area contributed by atoms with E-state index in [0.717, 1.165) is 0 Å². The molecular weight excluding hydrogens is 249 g/mol.